The highest BCUT2D eigenvalue weighted by Gasteiger charge is 2.45. The van der Waals surface area contributed by atoms with Crippen LogP contribution in [0.25, 0.3) is 0 Å². The standard InChI is InChI=1S/C13H14FNO6S/c1-13(12(18)19)4-5-15(7-13)22(20,21)10-6-8(11(16)17)2-3-9(10)14/h2-3,6H,4-5,7H2,1H3,(H,16,17)(H,18,19). The van der Waals surface area contributed by atoms with Gasteiger partial charge in [-0.2, -0.15) is 4.31 Å². The highest BCUT2D eigenvalue weighted by molar-refractivity contribution is 7.89. The van der Waals surface area contributed by atoms with Crippen LogP contribution < -0.4 is 0 Å². The van der Waals surface area contributed by atoms with E-state index < -0.39 is 38.1 Å². The van der Waals surface area contributed by atoms with E-state index >= 15 is 0 Å². The topological polar surface area (TPSA) is 112 Å². The molecule has 1 atom stereocenters. The minimum absolute atomic E-state index is 0.0676. The van der Waals surface area contributed by atoms with Gasteiger partial charge in [-0.25, -0.2) is 17.6 Å². The maximum Gasteiger partial charge on any atom is 0.335 e. The van der Waals surface area contributed by atoms with E-state index in [1.807, 2.05) is 0 Å². The van der Waals surface area contributed by atoms with Gasteiger partial charge in [0.15, 0.2) is 0 Å². The summed E-state index contributed by atoms with van der Waals surface area (Å²) >= 11 is 0. The molecule has 0 spiro atoms. The summed E-state index contributed by atoms with van der Waals surface area (Å²) in [6, 6.07) is 2.47. The number of carboxylic acid groups (broad SMARTS) is 2. The first-order chi connectivity index (χ1) is 10.1. The van der Waals surface area contributed by atoms with Crippen molar-refractivity contribution < 1.29 is 32.6 Å². The second-order valence-corrected chi connectivity index (χ2v) is 7.31. The summed E-state index contributed by atoms with van der Waals surface area (Å²) in [6.07, 6.45) is 0.0990. The van der Waals surface area contributed by atoms with Crippen molar-refractivity contribution in [3.05, 3.63) is 29.6 Å². The van der Waals surface area contributed by atoms with Crippen LogP contribution in [0, 0.1) is 11.2 Å². The van der Waals surface area contributed by atoms with Crippen LogP contribution in [-0.4, -0.2) is 48.0 Å². The van der Waals surface area contributed by atoms with Crippen LogP contribution >= 0.6 is 0 Å². The first-order valence-electron chi connectivity index (χ1n) is 6.34. The van der Waals surface area contributed by atoms with Crippen molar-refractivity contribution in [2.45, 2.75) is 18.2 Å². The van der Waals surface area contributed by atoms with E-state index in [0.29, 0.717) is 0 Å². The zero-order valence-corrected chi connectivity index (χ0v) is 12.4. The zero-order valence-electron chi connectivity index (χ0n) is 11.6. The normalized spacial score (nSPS) is 22.6. The maximum atomic E-state index is 13.8. The van der Waals surface area contributed by atoms with Crippen molar-refractivity contribution in [1.29, 1.82) is 0 Å². The number of carbonyl (C=O) groups is 2. The average molecular weight is 331 g/mol. The molecule has 0 saturated carbocycles. The monoisotopic (exact) mass is 331 g/mol. The predicted octanol–water partition coefficient (Wildman–Crippen LogP) is 1.01. The minimum atomic E-state index is -4.30. The zero-order chi connectivity index (χ0) is 16.7. The molecule has 1 aliphatic rings. The molecular weight excluding hydrogens is 317 g/mol. The number of halogens is 1. The van der Waals surface area contributed by atoms with Crippen molar-refractivity contribution in [2.24, 2.45) is 5.41 Å². The molecule has 1 aliphatic heterocycles. The molecule has 0 aliphatic carbocycles. The Balaban J connectivity index is 2.42. The van der Waals surface area contributed by atoms with Crippen LogP contribution in [0.15, 0.2) is 23.1 Å². The second kappa shape index (κ2) is 5.33. The number of sulfonamides is 1. The lowest BCUT2D eigenvalue weighted by Crippen LogP contribution is -2.35. The number of rotatable bonds is 4. The summed E-state index contributed by atoms with van der Waals surface area (Å²) in [6.45, 7) is 1.05. The molecule has 1 fully saturated rings. The van der Waals surface area contributed by atoms with Gasteiger partial charge < -0.3 is 10.2 Å². The summed E-state index contributed by atoms with van der Waals surface area (Å²) in [7, 11) is -4.30. The third kappa shape index (κ3) is 2.69. The molecule has 2 rings (SSSR count). The number of hydrogen-bond donors (Lipinski definition) is 2. The van der Waals surface area contributed by atoms with Gasteiger partial charge >= 0.3 is 11.9 Å². The molecule has 9 heteroatoms. The molecule has 1 aromatic carbocycles. The van der Waals surface area contributed by atoms with E-state index in [1.54, 1.807) is 0 Å². The first-order valence-corrected chi connectivity index (χ1v) is 7.78. The van der Waals surface area contributed by atoms with Crippen LogP contribution in [0.5, 0.6) is 0 Å². The lowest BCUT2D eigenvalue weighted by Gasteiger charge is -2.20. The molecule has 0 bridgehead atoms. The van der Waals surface area contributed by atoms with Crippen molar-refractivity contribution in [1.82, 2.24) is 4.31 Å². The lowest BCUT2D eigenvalue weighted by molar-refractivity contribution is -0.146. The largest absolute Gasteiger partial charge is 0.481 e. The fourth-order valence-corrected chi connectivity index (χ4v) is 3.93. The van der Waals surface area contributed by atoms with Crippen LogP contribution in [0.1, 0.15) is 23.7 Å². The van der Waals surface area contributed by atoms with Gasteiger partial charge in [-0.3, -0.25) is 4.79 Å². The maximum absolute atomic E-state index is 13.8. The van der Waals surface area contributed by atoms with Gasteiger partial charge in [-0.1, -0.05) is 0 Å². The molecule has 7 nitrogen and oxygen atoms in total. The fourth-order valence-electron chi connectivity index (χ4n) is 2.27. The third-order valence-corrected chi connectivity index (χ3v) is 5.61. The van der Waals surface area contributed by atoms with Gasteiger partial charge in [-0.05, 0) is 31.5 Å². The van der Waals surface area contributed by atoms with E-state index in [2.05, 4.69) is 0 Å². The van der Waals surface area contributed by atoms with Crippen molar-refractivity contribution in [3.8, 4) is 0 Å². The van der Waals surface area contributed by atoms with Crippen LogP contribution in [0.2, 0.25) is 0 Å². The van der Waals surface area contributed by atoms with Gasteiger partial charge in [0.05, 0.1) is 11.0 Å². The van der Waals surface area contributed by atoms with Gasteiger partial charge in [0.25, 0.3) is 0 Å². The van der Waals surface area contributed by atoms with Crippen LogP contribution in [0.3, 0.4) is 0 Å². The van der Waals surface area contributed by atoms with Gasteiger partial charge in [0, 0.05) is 13.1 Å². The van der Waals surface area contributed by atoms with E-state index in [-0.39, 0.29) is 25.1 Å². The second-order valence-electron chi connectivity index (χ2n) is 5.40. The lowest BCUT2D eigenvalue weighted by atomic mass is 9.90. The molecule has 1 heterocycles. The molecule has 2 N–H and O–H groups in total. The molecular formula is C13H14FNO6S. The summed E-state index contributed by atoms with van der Waals surface area (Å²) in [5.74, 6) is -3.59. The number of aliphatic carboxylic acids is 1. The molecule has 1 saturated heterocycles. The van der Waals surface area contributed by atoms with Gasteiger partial charge in [-0.15, -0.1) is 0 Å². The summed E-state index contributed by atoms with van der Waals surface area (Å²) < 4.78 is 39.6. The van der Waals surface area contributed by atoms with Gasteiger partial charge in [0.2, 0.25) is 10.0 Å². The highest BCUT2D eigenvalue weighted by Crippen LogP contribution is 2.34. The molecule has 1 unspecified atom stereocenters. The Hall–Kier alpha value is -2.00. The van der Waals surface area contributed by atoms with Crippen LogP contribution in [-0.2, 0) is 14.8 Å². The Morgan fingerprint density at radius 2 is 1.95 bits per heavy atom. The Bertz CT molecular complexity index is 747. The SMILES string of the molecule is CC1(C(=O)O)CCN(S(=O)(=O)c2cc(C(=O)O)ccc2F)C1. The molecule has 0 aromatic heterocycles. The minimum Gasteiger partial charge on any atom is -0.481 e. The average Bonchev–Trinajstić information content (AvgIpc) is 2.83. The van der Waals surface area contributed by atoms with E-state index in [9.17, 15) is 22.4 Å². The molecule has 1 aromatic rings. The van der Waals surface area contributed by atoms with E-state index in [4.69, 9.17) is 10.2 Å². The molecule has 22 heavy (non-hydrogen) atoms. The highest BCUT2D eigenvalue weighted by atomic mass is 32.2. The van der Waals surface area contributed by atoms with Crippen molar-refractivity contribution in [3.63, 3.8) is 0 Å². The smallest absolute Gasteiger partial charge is 0.335 e. The Morgan fingerprint density at radius 3 is 2.45 bits per heavy atom. The number of benzene rings is 1. The Kier molecular flexibility index (Phi) is 3.96. The molecule has 0 amide bonds. The van der Waals surface area contributed by atoms with Crippen LogP contribution in [0.4, 0.5) is 4.39 Å². The van der Waals surface area contributed by atoms with E-state index in [1.165, 1.54) is 6.92 Å². The summed E-state index contributed by atoms with van der Waals surface area (Å²) in [5.41, 5.74) is -1.60. The molecule has 120 valence electrons. The molecule has 0 radical (unpaired) electrons. The third-order valence-electron chi connectivity index (χ3n) is 3.75. The van der Waals surface area contributed by atoms with E-state index in [0.717, 1.165) is 22.5 Å². The number of carboxylic acids is 2. The fraction of sp³-hybridized carbons (Fsp3) is 0.385. The first kappa shape index (κ1) is 16.4. The number of hydrogen-bond acceptors (Lipinski definition) is 4. The predicted molar refractivity (Wildman–Crippen MR) is 72.5 cm³/mol. The summed E-state index contributed by atoms with van der Waals surface area (Å²) in [5, 5.41) is 18.0. The van der Waals surface area contributed by atoms with Crippen molar-refractivity contribution >= 4 is 22.0 Å². The Labute approximate surface area is 126 Å². The van der Waals surface area contributed by atoms with Crippen molar-refractivity contribution in [2.75, 3.05) is 13.1 Å². The number of nitrogens with zero attached hydrogens (tertiary/aromatic N) is 1. The van der Waals surface area contributed by atoms with Gasteiger partial charge in [0.1, 0.15) is 10.7 Å². The summed E-state index contributed by atoms with van der Waals surface area (Å²) in [4.78, 5) is 21.3. The number of aromatic carboxylic acids is 1. The Morgan fingerprint density at radius 1 is 1.32 bits per heavy atom. The quantitative estimate of drug-likeness (QED) is 0.851.